The van der Waals surface area contributed by atoms with E-state index in [1.165, 1.54) is 22.2 Å². The number of aliphatic hydroxyl groups is 1. The van der Waals surface area contributed by atoms with Gasteiger partial charge in [-0.15, -0.1) is 11.3 Å². The molecule has 5 nitrogen and oxygen atoms in total. The third-order valence-corrected chi connectivity index (χ3v) is 5.77. The van der Waals surface area contributed by atoms with Gasteiger partial charge in [-0.3, -0.25) is 9.36 Å². The monoisotopic (exact) mass is 406 g/mol. The van der Waals surface area contributed by atoms with Gasteiger partial charge in [-0.25, -0.2) is 4.98 Å². The summed E-state index contributed by atoms with van der Waals surface area (Å²) in [5.41, 5.74) is 2.86. The lowest BCUT2D eigenvalue weighted by Crippen LogP contribution is -2.30. The average Bonchev–Trinajstić information content (AvgIpc) is 3.06. The number of rotatable bonds is 6. The highest BCUT2D eigenvalue weighted by Gasteiger charge is 2.18. The molecule has 2 aromatic carbocycles. The van der Waals surface area contributed by atoms with Crippen LogP contribution >= 0.6 is 11.3 Å². The van der Waals surface area contributed by atoms with Crippen molar-refractivity contribution in [2.24, 2.45) is 0 Å². The van der Waals surface area contributed by atoms with E-state index >= 15 is 0 Å². The largest absolute Gasteiger partial charge is 0.491 e. The molecule has 0 aliphatic rings. The minimum atomic E-state index is -0.827. The molecule has 6 heteroatoms. The van der Waals surface area contributed by atoms with Crippen LogP contribution in [0.3, 0.4) is 0 Å². The molecule has 0 bridgehead atoms. The van der Waals surface area contributed by atoms with Gasteiger partial charge in [0.25, 0.3) is 5.56 Å². The first-order chi connectivity index (χ1) is 14.0. The first-order valence-corrected chi connectivity index (χ1v) is 10.3. The number of hydrogen-bond acceptors (Lipinski definition) is 5. The van der Waals surface area contributed by atoms with E-state index in [1.807, 2.05) is 68.4 Å². The van der Waals surface area contributed by atoms with Gasteiger partial charge >= 0.3 is 0 Å². The summed E-state index contributed by atoms with van der Waals surface area (Å²) in [5.74, 6) is 0.699. The zero-order valence-corrected chi connectivity index (χ0v) is 17.1. The predicted octanol–water partition coefficient (Wildman–Crippen LogP) is 4.18. The van der Waals surface area contributed by atoms with Crippen LogP contribution in [-0.4, -0.2) is 27.4 Å². The number of hydrogen-bond donors (Lipinski definition) is 1. The highest BCUT2D eigenvalue weighted by Crippen LogP contribution is 2.35. The van der Waals surface area contributed by atoms with E-state index < -0.39 is 6.10 Å². The van der Waals surface area contributed by atoms with Crippen LogP contribution in [0, 0.1) is 13.8 Å². The lowest BCUT2D eigenvalue weighted by atomic mass is 10.0. The van der Waals surface area contributed by atoms with Gasteiger partial charge in [0.05, 0.1) is 18.3 Å². The smallest absolute Gasteiger partial charge is 0.262 e. The third-order valence-electron chi connectivity index (χ3n) is 4.76. The SMILES string of the molecule is Cc1cccc(OC[C@@H](O)Cn2cnc3sc(C)c(-c4ccccc4)c3c2=O)c1. The van der Waals surface area contributed by atoms with Crippen LogP contribution in [0.4, 0.5) is 0 Å². The Morgan fingerprint density at radius 3 is 2.69 bits per heavy atom. The number of aliphatic hydroxyl groups excluding tert-OH is 1. The van der Waals surface area contributed by atoms with Crippen molar-refractivity contribution < 1.29 is 9.84 Å². The topological polar surface area (TPSA) is 64.3 Å². The second-order valence-corrected chi connectivity index (χ2v) is 8.27. The summed E-state index contributed by atoms with van der Waals surface area (Å²) in [6.45, 7) is 4.21. The van der Waals surface area contributed by atoms with Gasteiger partial charge in [0.1, 0.15) is 23.3 Å². The number of benzene rings is 2. The van der Waals surface area contributed by atoms with Gasteiger partial charge in [-0.1, -0.05) is 42.5 Å². The number of thiophene rings is 1. The Kier molecular flexibility index (Phi) is 5.47. The molecule has 1 N–H and O–H groups in total. The highest BCUT2D eigenvalue weighted by molar-refractivity contribution is 7.19. The lowest BCUT2D eigenvalue weighted by Gasteiger charge is -2.14. The summed E-state index contributed by atoms with van der Waals surface area (Å²) in [5, 5.41) is 11.0. The van der Waals surface area contributed by atoms with Crippen LogP contribution < -0.4 is 10.3 Å². The van der Waals surface area contributed by atoms with Gasteiger partial charge in [0.15, 0.2) is 0 Å². The molecule has 29 heavy (non-hydrogen) atoms. The normalized spacial score (nSPS) is 12.2. The summed E-state index contributed by atoms with van der Waals surface area (Å²) in [6.07, 6.45) is 0.679. The van der Waals surface area contributed by atoms with E-state index in [-0.39, 0.29) is 18.7 Å². The first kappa shape index (κ1) is 19.4. The second-order valence-electron chi connectivity index (χ2n) is 7.06. The van der Waals surface area contributed by atoms with Gasteiger partial charge in [-0.05, 0) is 37.1 Å². The average molecular weight is 407 g/mol. The van der Waals surface area contributed by atoms with Crippen molar-refractivity contribution in [2.45, 2.75) is 26.5 Å². The molecule has 1 atom stereocenters. The summed E-state index contributed by atoms with van der Waals surface area (Å²) in [4.78, 5) is 19.4. The molecule has 0 unspecified atom stereocenters. The fourth-order valence-corrected chi connectivity index (χ4v) is 4.40. The fourth-order valence-electron chi connectivity index (χ4n) is 3.40. The fraction of sp³-hybridized carbons (Fsp3) is 0.217. The Morgan fingerprint density at radius 2 is 1.93 bits per heavy atom. The van der Waals surface area contributed by atoms with E-state index in [1.54, 1.807) is 0 Å². The van der Waals surface area contributed by atoms with Crippen molar-refractivity contribution in [3.05, 3.63) is 81.7 Å². The van der Waals surface area contributed by atoms with Crippen molar-refractivity contribution in [1.29, 1.82) is 0 Å². The lowest BCUT2D eigenvalue weighted by molar-refractivity contribution is 0.0914. The second kappa shape index (κ2) is 8.19. The standard InChI is InChI=1S/C23H22N2O3S/c1-15-7-6-10-19(11-15)28-13-18(26)12-25-14-24-22-21(23(25)27)20(16(2)29-22)17-8-4-3-5-9-17/h3-11,14,18,26H,12-13H2,1-2H3/t18-/m0/s1. The molecule has 2 heterocycles. The Bertz CT molecular complexity index is 1200. The summed E-state index contributed by atoms with van der Waals surface area (Å²) < 4.78 is 7.13. The number of nitrogens with zero attached hydrogens (tertiary/aromatic N) is 2. The quantitative estimate of drug-likeness (QED) is 0.522. The number of ether oxygens (including phenoxy) is 1. The summed E-state index contributed by atoms with van der Waals surface area (Å²) in [6, 6.07) is 17.5. The molecule has 4 rings (SSSR count). The minimum Gasteiger partial charge on any atom is -0.491 e. The molecule has 0 radical (unpaired) electrons. The Balaban J connectivity index is 1.60. The van der Waals surface area contributed by atoms with E-state index in [0.717, 1.165) is 21.6 Å². The van der Waals surface area contributed by atoms with E-state index in [4.69, 9.17) is 4.74 Å². The van der Waals surface area contributed by atoms with Crippen molar-refractivity contribution in [3.63, 3.8) is 0 Å². The van der Waals surface area contributed by atoms with Gasteiger partial charge < -0.3 is 9.84 Å². The predicted molar refractivity (Wildman–Crippen MR) is 117 cm³/mol. The van der Waals surface area contributed by atoms with Gasteiger partial charge in [-0.2, -0.15) is 0 Å². The van der Waals surface area contributed by atoms with E-state index in [0.29, 0.717) is 16.0 Å². The molecule has 0 saturated heterocycles. The zero-order valence-electron chi connectivity index (χ0n) is 16.3. The highest BCUT2D eigenvalue weighted by atomic mass is 32.1. The van der Waals surface area contributed by atoms with E-state index in [9.17, 15) is 9.90 Å². The van der Waals surface area contributed by atoms with Crippen LogP contribution in [0.5, 0.6) is 5.75 Å². The van der Waals surface area contributed by atoms with Crippen LogP contribution in [0.25, 0.3) is 21.3 Å². The molecule has 2 aromatic heterocycles. The molecule has 148 valence electrons. The van der Waals surface area contributed by atoms with Crippen molar-refractivity contribution in [2.75, 3.05) is 6.61 Å². The number of aromatic nitrogens is 2. The maximum absolute atomic E-state index is 13.2. The zero-order chi connectivity index (χ0) is 20.4. The summed E-state index contributed by atoms with van der Waals surface area (Å²) in [7, 11) is 0. The van der Waals surface area contributed by atoms with Crippen LogP contribution in [-0.2, 0) is 6.54 Å². The van der Waals surface area contributed by atoms with Crippen molar-refractivity contribution in [1.82, 2.24) is 9.55 Å². The molecule has 4 aromatic rings. The summed E-state index contributed by atoms with van der Waals surface area (Å²) >= 11 is 1.51. The van der Waals surface area contributed by atoms with Gasteiger partial charge in [0.2, 0.25) is 0 Å². The molecule has 0 spiro atoms. The number of fused-ring (bicyclic) bond motifs is 1. The molecule has 0 aliphatic carbocycles. The molecule has 0 fully saturated rings. The number of aryl methyl sites for hydroxylation is 2. The van der Waals surface area contributed by atoms with Crippen molar-refractivity contribution in [3.8, 4) is 16.9 Å². The Labute approximate surface area is 172 Å². The van der Waals surface area contributed by atoms with Crippen LogP contribution in [0.1, 0.15) is 10.4 Å². The van der Waals surface area contributed by atoms with Crippen LogP contribution in [0.2, 0.25) is 0 Å². The first-order valence-electron chi connectivity index (χ1n) is 9.44. The van der Waals surface area contributed by atoms with Crippen LogP contribution in [0.15, 0.2) is 65.7 Å². The molecule has 0 aliphatic heterocycles. The Morgan fingerprint density at radius 1 is 1.14 bits per heavy atom. The maximum Gasteiger partial charge on any atom is 0.262 e. The van der Waals surface area contributed by atoms with Gasteiger partial charge in [0, 0.05) is 10.4 Å². The third kappa shape index (κ3) is 4.09. The molecular formula is C23H22N2O3S. The Hall–Kier alpha value is -2.96. The van der Waals surface area contributed by atoms with Crippen molar-refractivity contribution >= 4 is 21.6 Å². The molecule has 0 saturated carbocycles. The van der Waals surface area contributed by atoms with E-state index in [2.05, 4.69) is 4.98 Å². The minimum absolute atomic E-state index is 0.0993. The maximum atomic E-state index is 13.2. The molecular weight excluding hydrogens is 384 g/mol. The molecule has 0 amide bonds.